The molecule has 5 heteroatoms. The van der Waals surface area contributed by atoms with Crippen LogP contribution in [0.15, 0.2) is 54.6 Å². The van der Waals surface area contributed by atoms with Gasteiger partial charge in [-0.3, -0.25) is 4.79 Å². The molecule has 0 unspecified atom stereocenters. The molecule has 98 valence electrons. The van der Waals surface area contributed by atoms with E-state index in [9.17, 15) is 4.79 Å². The Bertz CT molecular complexity index is 775. The van der Waals surface area contributed by atoms with Crippen molar-refractivity contribution in [2.45, 2.75) is 0 Å². The molecular formula is C15H9ClN2O2. The van der Waals surface area contributed by atoms with Gasteiger partial charge < -0.3 is 4.74 Å². The highest BCUT2D eigenvalue weighted by molar-refractivity contribution is 6.67. The fourth-order valence-electron chi connectivity index (χ4n) is 1.78. The molecule has 0 saturated carbocycles. The second-order valence-corrected chi connectivity index (χ2v) is 4.40. The van der Waals surface area contributed by atoms with E-state index in [1.807, 2.05) is 30.3 Å². The standard InChI is InChI=1S/C15H9ClN2O2/c16-14(19)13-15(20-10-6-2-1-3-7-10)18-12-9-5-4-8-11(12)17-13/h1-9H. The molecule has 0 fully saturated rings. The zero-order valence-corrected chi connectivity index (χ0v) is 11.0. The van der Waals surface area contributed by atoms with Gasteiger partial charge in [-0.25, -0.2) is 9.97 Å². The summed E-state index contributed by atoms with van der Waals surface area (Å²) in [6.07, 6.45) is 0. The van der Waals surface area contributed by atoms with E-state index >= 15 is 0 Å². The number of aromatic nitrogens is 2. The van der Waals surface area contributed by atoms with Crippen molar-refractivity contribution in [1.82, 2.24) is 9.97 Å². The van der Waals surface area contributed by atoms with Gasteiger partial charge in [-0.15, -0.1) is 0 Å². The maximum atomic E-state index is 11.5. The number of ether oxygens (including phenoxy) is 1. The SMILES string of the molecule is O=C(Cl)c1nc2ccccc2nc1Oc1ccccc1. The molecule has 3 rings (SSSR count). The molecule has 0 saturated heterocycles. The van der Waals surface area contributed by atoms with Crippen molar-refractivity contribution in [3.8, 4) is 11.6 Å². The first kappa shape index (κ1) is 12.6. The number of hydrogen-bond acceptors (Lipinski definition) is 4. The summed E-state index contributed by atoms with van der Waals surface area (Å²) in [6, 6.07) is 16.3. The van der Waals surface area contributed by atoms with Crippen LogP contribution in [-0.4, -0.2) is 15.2 Å². The van der Waals surface area contributed by atoms with Crippen molar-refractivity contribution in [2.24, 2.45) is 0 Å². The number of halogens is 1. The van der Waals surface area contributed by atoms with Gasteiger partial charge in [-0.1, -0.05) is 30.3 Å². The summed E-state index contributed by atoms with van der Waals surface area (Å²) in [6.45, 7) is 0. The predicted octanol–water partition coefficient (Wildman–Crippen LogP) is 3.80. The molecule has 4 nitrogen and oxygen atoms in total. The largest absolute Gasteiger partial charge is 0.437 e. The summed E-state index contributed by atoms with van der Waals surface area (Å²) < 4.78 is 5.60. The minimum atomic E-state index is -0.700. The molecule has 1 aromatic heterocycles. The van der Waals surface area contributed by atoms with Crippen molar-refractivity contribution in [3.05, 3.63) is 60.3 Å². The average molecular weight is 285 g/mol. The highest BCUT2D eigenvalue weighted by Gasteiger charge is 2.16. The molecule has 0 atom stereocenters. The van der Waals surface area contributed by atoms with E-state index in [-0.39, 0.29) is 11.6 Å². The number of carbonyl (C=O) groups is 1. The van der Waals surface area contributed by atoms with Gasteiger partial charge >= 0.3 is 0 Å². The van der Waals surface area contributed by atoms with Gasteiger partial charge in [0.2, 0.25) is 0 Å². The molecule has 0 amide bonds. The van der Waals surface area contributed by atoms with Gasteiger partial charge in [-0.05, 0) is 35.9 Å². The van der Waals surface area contributed by atoms with Crippen molar-refractivity contribution in [2.75, 3.05) is 0 Å². The Morgan fingerprint density at radius 1 is 0.900 bits per heavy atom. The Morgan fingerprint density at radius 3 is 2.15 bits per heavy atom. The van der Waals surface area contributed by atoms with Gasteiger partial charge in [0, 0.05) is 0 Å². The van der Waals surface area contributed by atoms with Crippen LogP contribution in [0.3, 0.4) is 0 Å². The summed E-state index contributed by atoms with van der Waals surface area (Å²) >= 11 is 5.55. The zero-order chi connectivity index (χ0) is 13.9. The Labute approximate surface area is 120 Å². The molecule has 0 spiro atoms. The molecule has 1 heterocycles. The first-order valence-corrected chi connectivity index (χ1v) is 6.31. The van der Waals surface area contributed by atoms with E-state index in [0.29, 0.717) is 16.8 Å². The van der Waals surface area contributed by atoms with Crippen LogP contribution in [0.2, 0.25) is 0 Å². The van der Waals surface area contributed by atoms with Crippen LogP contribution in [0.5, 0.6) is 11.6 Å². The average Bonchev–Trinajstić information content (AvgIpc) is 2.47. The molecule has 3 aromatic rings. The summed E-state index contributed by atoms with van der Waals surface area (Å²) in [7, 11) is 0. The van der Waals surface area contributed by atoms with Gasteiger partial charge in [0.05, 0.1) is 11.0 Å². The highest BCUT2D eigenvalue weighted by atomic mass is 35.5. The Kier molecular flexibility index (Phi) is 3.31. The highest BCUT2D eigenvalue weighted by Crippen LogP contribution is 2.25. The Morgan fingerprint density at radius 2 is 1.50 bits per heavy atom. The lowest BCUT2D eigenvalue weighted by molar-refractivity contribution is 0.107. The minimum Gasteiger partial charge on any atom is -0.437 e. The maximum absolute atomic E-state index is 11.5. The quantitative estimate of drug-likeness (QED) is 0.687. The number of benzene rings is 2. The van der Waals surface area contributed by atoms with Crippen LogP contribution in [0.4, 0.5) is 0 Å². The molecule has 0 aliphatic heterocycles. The van der Waals surface area contributed by atoms with Crippen molar-refractivity contribution < 1.29 is 9.53 Å². The van der Waals surface area contributed by atoms with Crippen LogP contribution in [0.1, 0.15) is 10.5 Å². The number of para-hydroxylation sites is 3. The molecular weight excluding hydrogens is 276 g/mol. The van der Waals surface area contributed by atoms with Crippen molar-refractivity contribution >= 4 is 27.9 Å². The van der Waals surface area contributed by atoms with E-state index in [4.69, 9.17) is 16.3 Å². The topological polar surface area (TPSA) is 52.1 Å². The molecule has 0 aliphatic rings. The van der Waals surface area contributed by atoms with Crippen LogP contribution >= 0.6 is 11.6 Å². The maximum Gasteiger partial charge on any atom is 0.276 e. The van der Waals surface area contributed by atoms with E-state index in [2.05, 4.69) is 9.97 Å². The lowest BCUT2D eigenvalue weighted by atomic mass is 10.3. The van der Waals surface area contributed by atoms with Gasteiger partial charge in [-0.2, -0.15) is 0 Å². The van der Waals surface area contributed by atoms with Gasteiger partial charge in [0.25, 0.3) is 11.1 Å². The van der Waals surface area contributed by atoms with Crippen molar-refractivity contribution in [3.63, 3.8) is 0 Å². The van der Waals surface area contributed by atoms with Crippen LogP contribution in [0.25, 0.3) is 11.0 Å². The van der Waals surface area contributed by atoms with E-state index in [1.165, 1.54) is 0 Å². The van der Waals surface area contributed by atoms with Crippen LogP contribution < -0.4 is 4.74 Å². The van der Waals surface area contributed by atoms with Crippen molar-refractivity contribution in [1.29, 1.82) is 0 Å². The zero-order valence-electron chi connectivity index (χ0n) is 10.3. The third-order valence-corrected chi connectivity index (χ3v) is 2.86. The fourth-order valence-corrected chi connectivity index (χ4v) is 1.91. The number of nitrogens with zero attached hydrogens (tertiary/aromatic N) is 2. The number of fused-ring (bicyclic) bond motifs is 1. The number of rotatable bonds is 3. The number of carbonyl (C=O) groups excluding carboxylic acids is 1. The minimum absolute atomic E-state index is 0.00854. The summed E-state index contributed by atoms with van der Waals surface area (Å²) in [5.41, 5.74) is 1.24. The lowest BCUT2D eigenvalue weighted by Gasteiger charge is -2.08. The summed E-state index contributed by atoms with van der Waals surface area (Å²) in [4.78, 5) is 20.0. The van der Waals surface area contributed by atoms with E-state index in [1.54, 1.807) is 24.3 Å². The third-order valence-electron chi connectivity index (χ3n) is 2.68. The van der Waals surface area contributed by atoms with Gasteiger partial charge in [0.1, 0.15) is 5.75 Å². The molecule has 0 bridgehead atoms. The Hall–Kier alpha value is -2.46. The second-order valence-electron chi connectivity index (χ2n) is 4.05. The first-order valence-electron chi connectivity index (χ1n) is 5.93. The summed E-state index contributed by atoms with van der Waals surface area (Å²) in [5, 5.41) is -0.700. The van der Waals surface area contributed by atoms with Crippen LogP contribution in [0, 0.1) is 0 Å². The number of hydrogen-bond donors (Lipinski definition) is 0. The lowest BCUT2D eigenvalue weighted by Crippen LogP contribution is -2.02. The van der Waals surface area contributed by atoms with E-state index < -0.39 is 5.24 Å². The predicted molar refractivity (Wildman–Crippen MR) is 76.2 cm³/mol. The fraction of sp³-hybridized carbons (Fsp3) is 0. The van der Waals surface area contributed by atoms with E-state index in [0.717, 1.165) is 0 Å². The second kappa shape index (κ2) is 5.27. The molecule has 0 aliphatic carbocycles. The molecule has 20 heavy (non-hydrogen) atoms. The normalized spacial score (nSPS) is 10.4. The molecule has 2 aromatic carbocycles. The molecule has 0 N–H and O–H groups in total. The summed E-state index contributed by atoms with van der Waals surface area (Å²) in [5.74, 6) is 0.672. The first-order chi connectivity index (χ1) is 9.74. The smallest absolute Gasteiger partial charge is 0.276 e. The van der Waals surface area contributed by atoms with Crippen LogP contribution in [-0.2, 0) is 0 Å². The monoisotopic (exact) mass is 284 g/mol. The molecule has 0 radical (unpaired) electrons. The third kappa shape index (κ3) is 2.46. The van der Waals surface area contributed by atoms with Gasteiger partial charge in [0.15, 0.2) is 5.69 Å². The Balaban J connectivity index is 2.12.